The molecule has 142 valence electrons. The van der Waals surface area contributed by atoms with Gasteiger partial charge in [0.25, 0.3) is 5.69 Å². The first-order valence-electron chi connectivity index (χ1n) is 8.71. The summed E-state index contributed by atoms with van der Waals surface area (Å²) in [6.45, 7) is 2.20. The van der Waals surface area contributed by atoms with Crippen molar-refractivity contribution in [3.63, 3.8) is 0 Å². The molecule has 1 atom stereocenters. The molecule has 1 N–H and O–H groups in total. The zero-order valence-electron chi connectivity index (χ0n) is 15.0. The summed E-state index contributed by atoms with van der Waals surface area (Å²) in [4.78, 5) is 33.2. The van der Waals surface area contributed by atoms with Gasteiger partial charge in [-0.3, -0.25) is 10.1 Å². The first kappa shape index (κ1) is 18.6. The molecule has 1 aliphatic rings. The Morgan fingerprint density at radius 2 is 2.19 bits per heavy atom. The van der Waals surface area contributed by atoms with Gasteiger partial charge in [0.2, 0.25) is 5.95 Å². The number of rotatable bonds is 6. The molecule has 9 nitrogen and oxygen atoms in total. The minimum atomic E-state index is -0.530. The van der Waals surface area contributed by atoms with Gasteiger partial charge >= 0.3 is 5.97 Å². The van der Waals surface area contributed by atoms with Gasteiger partial charge in [0.15, 0.2) is 0 Å². The Kier molecular flexibility index (Phi) is 5.80. The molecule has 9 heteroatoms. The number of nitro groups is 1. The zero-order valence-corrected chi connectivity index (χ0v) is 15.0. The molecule has 0 aliphatic carbocycles. The number of nitro benzene ring substituents is 1. The van der Waals surface area contributed by atoms with Gasteiger partial charge in [0.05, 0.1) is 17.6 Å². The number of piperidine rings is 1. The largest absolute Gasteiger partial charge is 0.465 e. The lowest BCUT2D eigenvalue weighted by Crippen LogP contribution is -2.39. The molecule has 2 aromatic rings. The Hall–Kier alpha value is -3.23. The summed E-state index contributed by atoms with van der Waals surface area (Å²) in [5.41, 5.74) is 0.520. The first-order chi connectivity index (χ1) is 13.1. The van der Waals surface area contributed by atoms with Crippen LogP contribution in [0, 0.1) is 16.0 Å². The van der Waals surface area contributed by atoms with Crippen LogP contribution in [0.15, 0.2) is 36.7 Å². The number of ether oxygens (including phenoxy) is 1. The van der Waals surface area contributed by atoms with Crippen molar-refractivity contribution in [1.82, 2.24) is 9.97 Å². The number of hydrogen-bond donors (Lipinski definition) is 1. The maximum atomic E-state index is 11.7. The van der Waals surface area contributed by atoms with Crippen LogP contribution in [0.3, 0.4) is 0 Å². The van der Waals surface area contributed by atoms with Crippen LogP contribution in [0.2, 0.25) is 0 Å². The van der Waals surface area contributed by atoms with Crippen molar-refractivity contribution in [2.24, 2.45) is 5.92 Å². The summed E-state index contributed by atoms with van der Waals surface area (Å²) >= 11 is 0. The van der Waals surface area contributed by atoms with Crippen LogP contribution >= 0.6 is 0 Å². The molecular formula is C18H21N5O4. The summed E-state index contributed by atoms with van der Waals surface area (Å²) in [6.07, 6.45) is 5.42. The molecule has 1 unspecified atom stereocenters. The third-order valence-corrected chi connectivity index (χ3v) is 4.55. The van der Waals surface area contributed by atoms with Gasteiger partial charge in [-0.25, -0.2) is 14.8 Å². The van der Waals surface area contributed by atoms with Crippen LogP contribution in [0.4, 0.5) is 17.3 Å². The van der Waals surface area contributed by atoms with Crippen LogP contribution in [0.5, 0.6) is 0 Å². The highest BCUT2D eigenvalue weighted by molar-refractivity contribution is 5.91. The number of nitrogens with one attached hydrogen (secondary N) is 1. The standard InChI is InChI=1S/C18H21N5O4/c1-27-17(24)14-5-6-16(23(25)26)15(10-14)21-11-13-4-2-9-22(12-13)18-19-7-3-8-20-18/h3,5-8,10,13,21H,2,4,9,11-12H2,1H3. The smallest absolute Gasteiger partial charge is 0.337 e. The number of anilines is 2. The molecular weight excluding hydrogens is 350 g/mol. The van der Waals surface area contributed by atoms with E-state index in [2.05, 4.69) is 20.2 Å². The topological polar surface area (TPSA) is 110 Å². The highest BCUT2D eigenvalue weighted by Gasteiger charge is 2.23. The van der Waals surface area contributed by atoms with E-state index in [0.717, 1.165) is 25.9 Å². The molecule has 1 aliphatic heterocycles. The highest BCUT2D eigenvalue weighted by atomic mass is 16.6. The predicted octanol–water partition coefficient (Wildman–Crippen LogP) is 2.50. The van der Waals surface area contributed by atoms with Crippen LogP contribution in [0.1, 0.15) is 23.2 Å². The summed E-state index contributed by atoms with van der Waals surface area (Å²) in [6, 6.07) is 5.95. The van der Waals surface area contributed by atoms with E-state index in [1.165, 1.54) is 25.3 Å². The summed E-state index contributed by atoms with van der Waals surface area (Å²) in [5, 5.41) is 14.4. The van der Waals surface area contributed by atoms with Gasteiger partial charge in [0, 0.05) is 38.1 Å². The van der Waals surface area contributed by atoms with Gasteiger partial charge in [0.1, 0.15) is 5.69 Å². The fraction of sp³-hybridized carbons (Fsp3) is 0.389. The highest BCUT2D eigenvalue weighted by Crippen LogP contribution is 2.27. The molecule has 1 fully saturated rings. The Morgan fingerprint density at radius 3 is 2.89 bits per heavy atom. The van der Waals surface area contributed by atoms with Crippen molar-refractivity contribution in [2.75, 3.05) is 37.0 Å². The zero-order chi connectivity index (χ0) is 19.2. The Balaban J connectivity index is 1.70. The van der Waals surface area contributed by atoms with Crippen molar-refractivity contribution in [2.45, 2.75) is 12.8 Å². The monoisotopic (exact) mass is 371 g/mol. The molecule has 0 saturated carbocycles. The van der Waals surface area contributed by atoms with E-state index in [1.54, 1.807) is 18.5 Å². The summed E-state index contributed by atoms with van der Waals surface area (Å²) < 4.78 is 4.69. The SMILES string of the molecule is COC(=O)c1ccc([N+](=O)[O-])c(NCC2CCCN(c3ncccn3)C2)c1. The fourth-order valence-corrected chi connectivity index (χ4v) is 3.20. The normalized spacial score (nSPS) is 16.6. The van der Waals surface area contributed by atoms with Gasteiger partial charge < -0.3 is 15.0 Å². The summed E-state index contributed by atoms with van der Waals surface area (Å²) in [5.74, 6) is 0.447. The number of esters is 1. The molecule has 0 bridgehead atoms. The van der Waals surface area contributed by atoms with E-state index in [1.807, 2.05) is 0 Å². The Morgan fingerprint density at radius 1 is 1.41 bits per heavy atom. The molecule has 0 amide bonds. The van der Waals surface area contributed by atoms with Crippen molar-refractivity contribution in [3.05, 3.63) is 52.3 Å². The second-order valence-electron chi connectivity index (χ2n) is 6.36. The van der Waals surface area contributed by atoms with Crippen LogP contribution in [-0.2, 0) is 4.74 Å². The quantitative estimate of drug-likeness (QED) is 0.468. The molecule has 1 saturated heterocycles. The molecule has 0 spiro atoms. The third-order valence-electron chi connectivity index (χ3n) is 4.55. The third kappa shape index (κ3) is 4.49. The second kappa shape index (κ2) is 8.43. The van der Waals surface area contributed by atoms with E-state index >= 15 is 0 Å². The van der Waals surface area contributed by atoms with Crippen molar-refractivity contribution < 1.29 is 14.5 Å². The average molecular weight is 371 g/mol. The molecule has 1 aromatic carbocycles. The van der Waals surface area contributed by atoms with Crippen LogP contribution < -0.4 is 10.2 Å². The number of carbonyl (C=O) groups excluding carboxylic acids is 1. The molecule has 2 heterocycles. The van der Waals surface area contributed by atoms with E-state index < -0.39 is 10.9 Å². The van der Waals surface area contributed by atoms with Crippen LogP contribution in [0.25, 0.3) is 0 Å². The van der Waals surface area contributed by atoms with Gasteiger partial charge in [-0.05, 0) is 37.0 Å². The number of benzene rings is 1. The van der Waals surface area contributed by atoms with Crippen LogP contribution in [-0.4, -0.2) is 47.6 Å². The lowest BCUT2D eigenvalue weighted by atomic mass is 9.98. The van der Waals surface area contributed by atoms with E-state index in [-0.39, 0.29) is 17.2 Å². The molecule has 1 aromatic heterocycles. The minimum Gasteiger partial charge on any atom is -0.465 e. The van der Waals surface area contributed by atoms with Crippen molar-refractivity contribution in [1.29, 1.82) is 0 Å². The Labute approximate surface area is 156 Å². The lowest BCUT2D eigenvalue weighted by molar-refractivity contribution is -0.384. The van der Waals surface area contributed by atoms with Gasteiger partial charge in [-0.1, -0.05) is 0 Å². The van der Waals surface area contributed by atoms with Crippen molar-refractivity contribution >= 4 is 23.3 Å². The number of hydrogen-bond acceptors (Lipinski definition) is 8. The average Bonchev–Trinajstić information content (AvgIpc) is 2.72. The first-order valence-corrected chi connectivity index (χ1v) is 8.71. The van der Waals surface area contributed by atoms with Gasteiger partial charge in [-0.2, -0.15) is 0 Å². The molecule has 3 rings (SSSR count). The van der Waals surface area contributed by atoms with Gasteiger partial charge in [-0.15, -0.1) is 0 Å². The number of methoxy groups -OCH3 is 1. The fourth-order valence-electron chi connectivity index (χ4n) is 3.20. The molecule has 0 radical (unpaired) electrons. The second-order valence-corrected chi connectivity index (χ2v) is 6.36. The Bertz CT molecular complexity index is 815. The molecule has 27 heavy (non-hydrogen) atoms. The number of aromatic nitrogens is 2. The van der Waals surface area contributed by atoms with E-state index in [4.69, 9.17) is 4.74 Å². The van der Waals surface area contributed by atoms with E-state index in [0.29, 0.717) is 18.2 Å². The maximum Gasteiger partial charge on any atom is 0.337 e. The number of nitrogens with zero attached hydrogens (tertiary/aromatic N) is 4. The maximum absolute atomic E-state index is 11.7. The van der Waals surface area contributed by atoms with E-state index in [9.17, 15) is 14.9 Å². The number of carbonyl (C=O) groups is 1. The minimum absolute atomic E-state index is 0.0679. The lowest BCUT2D eigenvalue weighted by Gasteiger charge is -2.32. The predicted molar refractivity (Wildman–Crippen MR) is 99.9 cm³/mol. The van der Waals surface area contributed by atoms with Crippen molar-refractivity contribution in [3.8, 4) is 0 Å². The summed E-state index contributed by atoms with van der Waals surface area (Å²) in [7, 11) is 1.28.